The van der Waals surface area contributed by atoms with Crippen LogP contribution in [0.25, 0.3) is 6.08 Å². The van der Waals surface area contributed by atoms with Crippen LogP contribution in [0.4, 0.5) is 0 Å². The van der Waals surface area contributed by atoms with Gasteiger partial charge in [-0.1, -0.05) is 30.7 Å². The third-order valence-corrected chi connectivity index (χ3v) is 7.87. The third-order valence-electron chi connectivity index (χ3n) is 7.87. The quantitative estimate of drug-likeness (QED) is 0.628. The van der Waals surface area contributed by atoms with E-state index in [2.05, 4.69) is 0 Å². The van der Waals surface area contributed by atoms with Gasteiger partial charge in [-0.15, -0.1) is 0 Å². The van der Waals surface area contributed by atoms with Crippen LogP contribution in [0.5, 0.6) is 11.5 Å². The van der Waals surface area contributed by atoms with Crippen LogP contribution in [-0.2, 0) is 9.53 Å². The Bertz CT molecular complexity index is 1040. The van der Waals surface area contributed by atoms with E-state index < -0.39 is 17.3 Å². The van der Waals surface area contributed by atoms with Crippen LogP contribution in [0.3, 0.4) is 0 Å². The minimum Gasteiger partial charge on any atom is -0.497 e. The standard InChI is InChI=1S/C28H32O5/c1-31-23-10-6-19(7-11-23)17-21-14-16-27(25(21)29)18-22-5-3-4-15-28(22,30)33-26(27)20-8-12-24(32-2)13-9-20/h6-13,17,22,26,30H,3-5,14-16,18H2,1-2H3/b21-17+/t22-,26+,27-,28+/m0/s1. The number of carbonyl (C=O) groups excluding carboxylic acids is 1. The fourth-order valence-electron chi connectivity index (χ4n) is 6.03. The van der Waals surface area contributed by atoms with Gasteiger partial charge in [-0.25, -0.2) is 0 Å². The van der Waals surface area contributed by atoms with Gasteiger partial charge in [0, 0.05) is 12.3 Å². The van der Waals surface area contributed by atoms with Gasteiger partial charge in [0.25, 0.3) is 0 Å². The molecule has 174 valence electrons. The molecule has 5 rings (SSSR count). The molecule has 0 unspecified atom stereocenters. The maximum Gasteiger partial charge on any atom is 0.169 e. The van der Waals surface area contributed by atoms with E-state index in [0.29, 0.717) is 19.3 Å². The van der Waals surface area contributed by atoms with Crippen LogP contribution < -0.4 is 9.47 Å². The van der Waals surface area contributed by atoms with Gasteiger partial charge >= 0.3 is 0 Å². The van der Waals surface area contributed by atoms with Gasteiger partial charge in [0.15, 0.2) is 11.6 Å². The molecule has 3 aliphatic rings. The summed E-state index contributed by atoms with van der Waals surface area (Å²) in [5.41, 5.74) is 2.10. The maximum absolute atomic E-state index is 14.0. The van der Waals surface area contributed by atoms with Crippen molar-refractivity contribution in [3.05, 3.63) is 65.2 Å². The molecule has 2 aliphatic carbocycles. The largest absolute Gasteiger partial charge is 0.497 e. The second-order valence-electron chi connectivity index (χ2n) is 9.69. The van der Waals surface area contributed by atoms with Crippen LogP contribution in [0, 0.1) is 11.3 Å². The minimum absolute atomic E-state index is 0.00923. The lowest BCUT2D eigenvalue weighted by molar-refractivity contribution is -0.323. The fourth-order valence-corrected chi connectivity index (χ4v) is 6.03. The van der Waals surface area contributed by atoms with Gasteiger partial charge in [-0.05, 0) is 79.1 Å². The van der Waals surface area contributed by atoms with E-state index >= 15 is 0 Å². The van der Waals surface area contributed by atoms with Crippen LogP contribution in [0.1, 0.15) is 62.2 Å². The van der Waals surface area contributed by atoms with Crippen molar-refractivity contribution in [1.29, 1.82) is 0 Å². The number of ether oxygens (including phenoxy) is 3. The molecule has 0 amide bonds. The Kier molecular flexibility index (Phi) is 5.79. The van der Waals surface area contributed by atoms with E-state index in [1.807, 2.05) is 54.6 Å². The number of fused-ring (bicyclic) bond motifs is 1. The van der Waals surface area contributed by atoms with Gasteiger partial charge in [0.05, 0.1) is 25.7 Å². The van der Waals surface area contributed by atoms with E-state index in [1.165, 1.54) is 0 Å². The number of carbonyl (C=O) groups is 1. The van der Waals surface area contributed by atoms with Gasteiger partial charge in [0.2, 0.25) is 0 Å². The first-order chi connectivity index (χ1) is 16.0. The number of hydrogen-bond donors (Lipinski definition) is 1. The molecule has 3 fully saturated rings. The van der Waals surface area contributed by atoms with Crippen LogP contribution >= 0.6 is 0 Å². The minimum atomic E-state index is -1.16. The lowest BCUT2D eigenvalue weighted by Crippen LogP contribution is -2.55. The Hall–Kier alpha value is -2.63. The summed E-state index contributed by atoms with van der Waals surface area (Å²) < 4.78 is 17.1. The average molecular weight is 449 g/mol. The molecule has 1 spiro atoms. The molecule has 0 bridgehead atoms. The second-order valence-corrected chi connectivity index (χ2v) is 9.69. The van der Waals surface area contributed by atoms with Crippen molar-refractivity contribution in [2.75, 3.05) is 14.2 Å². The molecule has 0 radical (unpaired) electrons. The van der Waals surface area contributed by atoms with Crippen molar-refractivity contribution in [1.82, 2.24) is 0 Å². The summed E-state index contributed by atoms with van der Waals surface area (Å²) in [6.07, 6.45) is 7.19. The Balaban J connectivity index is 1.52. The zero-order valence-electron chi connectivity index (χ0n) is 19.4. The normalized spacial score (nSPS) is 32.7. The molecule has 2 aromatic carbocycles. The number of methoxy groups -OCH3 is 2. The third kappa shape index (κ3) is 3.87. The number of aliphatic hydroxyl groups is 1. The molecule has 1 heterocycles. The highest BCUT2D eigenvalue weighted by molar-refractivity contribution is 6.06. The summed E-state index contributed by atoms with van der Waals surface area (Å²) >= 11 is 0. The number of Topliss-reactive ketones (excluding diaryl/α,β-unsaturated/α-hetero) is 1. The Morgan fingerprint density at radius 1 is 0.970 bits per heavy atom. The van der Waals surface area contributed by atoms with E-state index in [0.717, 1.165) is 53.9 Å². The predicted octanol–water partition coefficient (Wildman–Crippen LogP) is 5.48. The number of rotatable bonds is 4. The zero-order valence-corrected chi connectivity index (χ0v) is 19.4. The number of hydrogen-bond acceptors (Lipinski definition) is 5. The van der Waals surface area contributed by atoms with Crippen molar-refractivity contribution in [3.63, 3.8) is 0 Å². The van der Waals surface area contributed by atoms with Gasteiger partial charge in [-0.3, -0.25) is 4.79 Å². The fraction of sp³-hybridized carbons (Fsp3) is 0.464. The highest BCUT2D eigenvalue weighted by Gasteiger charge is 2.61. The lowest BCUT2D eigenvalue weighted by atomic mass is 9.63. The van der Waals surface area contributed by atoms with Crippen molar-refractivity contribution in [2.24, 2.45) is 11.3 Å². The number of ketones is 1. The van der Waals surface area contributed by atoms with Crippen LogP contribution in [0.2, 0.25) is 0 Å². The molecule has 0 aromatic heterocycles. The molecule has 2 aromatic rings. The first-order valence-electron chi connectivity index (χ1n) is 11.9. The second kappa shape index (κ2) is 8.62. The highest BCUT2D eigenvalue weighted by Crippen LogP contribution is 2.61. The van der Waals surface area contributed by atoms with Gasteiger partial charge in [0.1, 0.15) is 11.5 Å². The predicted molar refractivity (Wildman–Crippen MR) is 126 cm³/mol. The van der Waals surface area contributed by atoms with Crippen molar-refractivity contribution >= 4 is 11.9 Å². The number of benzene rings is 2. The van der Waals surface area contributed by atoms with E-state index in [4.69, 9.17) is 14.2 Å². The van der Waals surface area contributed by atoms with Crippen molar-refractivity contribution < 1.29 is 24.1 Å². The molecule has 1 N–H and O–H groups in total. The number of allylic oxidation sites excluding steroid dienone is 1. The molecule has 5 heteroatoms. The van der Waals surface area contributed by atoms with E-state index in [9.17, 15) is 9.90 Å². The Morgan fingerprint density at radius 2 is 1.64 bits per heavy atom. The van der Waals surface area contributed by atoms with E-state index in [1.54, 1.807) is 14.2 Å². The first kappa shape index (κ1) is 22.2. The van der Waals surface area contributed by atoms with Gasteiger partial charge < -0.3 is 19.3 Å². The topological polar surface area (TPSA) is 65.0 Å². The van der Waals surface area contributed by atoms with E-state index in [-0.39, 0.29) is 11.7 Å². The smallest absolute Gasteiger partial charge is 0.169 e. The molecule has 1 saturated heterocycles. The Labute approximate surface area is 195 Å². The Morgan fingerprint density at radius 3 is 2.30 bits per heavy atom. The monoisotopic (exact) mass is 448 g/mol. The molecule has 5 nitrogen and oxygen atoms in total. The zero-order chi connectivity index (χ0) is 23.1. The summed E-state index contributed by atoms with van der Waals surface area (Å²) in [4.78, 5) is 14.0. The summed E-state index contributed by atoms with van der Waals surface area (Å²) in [7, 11) is 3.28. The SMILES string of the molecule is COc1ccc(/C=C2\CC[C@]3(C[C@@H]4CCCC[C@@]4(O)O[C@@H]3c3ccc(OC)cc3)C2=O)cc1. The summed E-state index contributed by atoms with van der Waals surface area (Å²) in [5.74, 6) is 0.548. The van der Waals surface area contributed by atoms with Crippen molar-refractivity contribution in [2.45, 2.75) is 56.8 Å². The van der Waals surface area contributed by atoms with Crippen LogP contribution in [-0.4, -0.2) is 30.9 Å². The summed E-state index contributed by atoms with van der Waals surface area (Å²) in [6.45, 7) is 0. The molecule has 33 heavy (non-hydrogen) atoms. The average Bonchev–Trinajstić information content (AvgIpc) is 3.15. The maximum atomic E-state index is 14.0. The lowest BCUT2D eigenvalue weighted by Gasteiger charge is -2.53. The molecule has 1 aliphatic heterocycles. The van der Waals surface area contributed by atoms with Crippen LogP contribution in [0.15, 0.2) is 54.1 Å². The molecule has 4 atom stereocenters. The molecular formula is C28H32O5. The molecule has 2 saturated carbocycles. The first-order valence-corrected chi connectivity index (χ1v) is 11.9. The molecular weight excluding hydrogens is 416 g/mol. The van der Waals surface area contributed by atoms with Gasteiger partial charge in [-0.2, -0.15) is 0 Å². The summed E-state index contributed by atoms with van der Waals surface area (Å²) in [5, 5.41) is 11.4. The highest BCUT2D eigenvalue weighted by atomic mass is 16.6. The summed E-state index contributed by atoms with van der Waals surface area (Å²) in [6, 6.07) is 15.5. The van der Waals surface area contributed by atoms with Crippen molar-refractivity contribution in [3.8, 4) is 11.5 Å².